The van der Waals surface area contributed by atoms with Crippen LogP contribution in [0.15, 0.2) is 60.9 Å². The molecule has 1 atom stereocenters. The molecule has 0 fully saturated rings. The van der Waals surface area contributed by atoms with Gasteiger partial charge in [0.1, 0.15) is 11.9 Å². The van der Waals surface area contributed by atoms with E-state index in [1.54, 1.807) is 55.7 Å². The van der Waals surface area contributed by atoms with Gasteiger partial charge >= 0.3 is 0 Å². The minimum absolute atomic E-state index is 0.358. The maximum Gasteiger partial charge on any atom is 0.126 e. The lowest BCUT2D eigenvalue weighted by Gasteiger charge is -2.16. The molecule has 3 nitrogen and oxygen atoms in total. The van der Waals surface area contributed by atoms with E-state index in [0.29, 0.717) is 22.3 Å². The number of hydrogen-bond acceptors (Lipinski definition) is 3. The first-order valence-corrected chi connectivity index (χ1v) is 7.48. The van der Waals surface area contributed by atoms with Gasteiger partial charge in [-0.05, 0) is 53.4 Å². The van der Waals surface area contributed by atoms with Gasteiger partial charge in [0.15, 0.2) is 0 Å². The van der Waals surface area contributed by atoms with Crippen LogP contribution in [0, 0.1) is 24.1 Å². The van der Waals surface area contributed by atoms with E-state index in [1.807, 2.05) is 6.07 Å². The summed E-state index contributed by atoms with van der Waals surface area (Å²) in [5.41, 5.74) is 3.65. The van der Waals surface area contributed by atoms with E-state index in [-0.39, 0.29) is 5.82 Å². The molecule has 24 heavy (non-hydrogen) atoms. The van der Waals surface area contributed by atoms with E-state index in [9.17, 15) is 9.50 Å². The zero-order valence-corrected chi connectivity index (χ0v) is 13.1. The SMILES string of the molecule is Cc1ccc(C(O)c2cnccc2-c2cccc(C#N)c2)cc1F. The Kier molecular flexibility index (Phi) is 4.37. The second-order valence-electron chi connectivity index (χ2n) is 5.57. The standard InChI is InChI=1S/C20H15FN2O/c1-13-5-6-16(10-19(13)21)20(24)18-12-23-8-7-17(18)15-4-2-3-14(9-15)11-22/h2-10,12,20,24H,1H3. The molecule has 0 spiro atoms. The largest absolute Gasteiger partial charge is 0.384 e. The van der Waals surface area contributed by atoms with Gasteiger partial charge in [-0.1, -0.05) is 24.3 Å². The molecule has 2 aromatic carbocycles. The predicted octanol–water partition coefficient (Wildman–Crippen LogP) is 4.15. The van der Waals surface area contributed by atoms with Gasteiger partial charge in [-0.2, -0.15) is 5.26 Å². The van der Waals surface area contributed by atoms with Crippen LogP contribution < -0.4 is 0 Å². The van der Waals surface area contributed by atoms with Crippen molar-refractivity contribution in [2.24, 2.45) is 0 Å². The molecule has 0 saturated carbocycles. The van der Waals surface area contributed by atoms with Crippen molar-refractivity contribution < 1.29 is 9.50 Å². The number of aliphatic hydroxyl groups is 1. The van der Waals surface area contributed by atoms with E-state index in [2.05, 4.69) is 11.1 Å². The van der Waals surface area contributed by atoms with Crippen molar-refractivity contribution in [3.63, 3.8) is 0 Å². The number of nitrogens with zero attached hydrogens (tertiary/aromatic N) is 2. The molecule has 0 aliphatic carbocycles. The van der Waals surface area contributed by atoms with E-state index in [1.165, 1.54) is 6.07 Å². The number of halogens is 1. The molecule has 1 aromatic heterocycles. The minimum Gasteiger partial charge on any atom is -0.384 e. The fraction of sp³-hybridized carbons (Fsp3) is 0.100. The molecule has 0 radical (unpaired) electrons. The Morgan fingerprint density at radius 1 is 1.17 bits per heavy atom. The molecular formula is C20H15FN2O. The van der Waals surface area contributed by atoms with Crippen LogP contribution in [0.3, 0.4) is 0 Å². The maximum atomic E-state index is 13.8. The first-order chi connectivity index (χ1) is 11.6. The molecule has 0 saturated heterocycles. The topological polar surface area (TPSA) is 56.9 Å². The number of aryl methyl sites for hydroxylation is 1. The Balaban J connectivity index is 2.08. The second-order valence-corrected chi connectivity index (χ2v) is 5.57. The summed E-state index contributed by atoms with van der Waals surface area (Å²) >= 11 is 0. The Hall–Kier alpha value is -3.03. The van der Waals surface area contributed by atoms with Gasteiger partial charge < -0.3 is 5.11 Å². The molecule has 1 heterocycles. The number of rotatable bonds is 3. The summed E-state index contributed by atoms with van der Waals surface area (Å²) in [7, 11) is 0. The number of hydrogen-bond donors (Lipinski definition) is 1. The average Bonchev–Trinajstić information content (AvgIpc) is 2.63. The van der Waals surface area contributed by atoms with Gasteiger partial charge in [0.25, 0.3) is 0 Å². The fourth-order valence-corrected chi connectivity index (χ4v) is 2.60. The first-order valence-electron chi connectivity index (χ1n) is 7.48. The Labute approximate surface area is 139 Å². The van der Waals surface area contributed by atoms with Crippen LogP contribution in [0.25, 0.3) is 11.1 Å². The van der Waals surface area contributed by atoms with Crippen LogP contribution in [0.1, 0.15) is 28.4 Å². The smallest absolute Gasteiger partial charge is 0.126 e. The maximum absolute atomic E-state index is 13.8. The molecule has 3 aromatic rings. The fourth-order valence-electron chi connectivity index (χ4n) is 2.60. The summed E-state index contributed by atoms with van der Waals surface area (Å²) in [6.45, 7) is 1.67. The highest BCUT2D eigenvalue weighted by molar-refractivity contribution is 5.69. The molecule has 3 rings (SSSR count). The van der Waals surface area contributed by atoms with Gasteiger partial charge in [-0.3, -0.25) is 4.98 Å². The van der Waals surface area contributed by atoms with Crippen LogP contribution in [0.4, 0.5) is 4.39 Å². The van der Waals surface area contributed by atoms with E-state index in [0.717, 1.165) is 11.1 Å². The van der Waals surface area contributed by atoms with Crippen molar-refractivity contribution in [2.75, 3.05) is 0 Å². The van der Waals surface area contributed by atoms with Crippen LogP contribution >= 0.6 is 0 Å². The van der Waals surface area contributed by atoms with Crippen molar-refractivity contribution >= 4 is 0 Å². The molecule has 0 aliphatic rings. The summed E-state index contributed by atoms with van der Waals surface area (Å²) in [5.74, 6) is -0.358. The first kappa shape index (κ1) is 15.9. The van der Waals surface area contributed by atoms with Gasteiger partial charge in [-0.25, -0.2) is 4.39 Å². The molecular weight excluding hydrogens is 303 g/mol. The van der Waals surface area contributed by atoms with Crippen LogP contribution in [-0.4, -0.2) is 10.1 Å². The average molecular weight is 318 g/mol. The Bertz CT molecular complexity index is 931. The van der Waals surface area contributed by atoms with Crippen LogP contribution in [0.5, 0.6) is 0 Å². The van der Waals surface area contributed by atoms with Crippen molar-refractivity contribution in [1.29, 1.82) is 5.26 Å². The molecule has 0 aliphatic heterocycles. The lowest BCUT2D eigenvalue weighted by molar-refractivity contribution is 0.220. The third-order valence-corrected chi connectivity index (χ3v) is 3.96. The third-order valence-electron chi connectivity index (χ3n) is 3.96. The second kappa shape index (κ2) is 6.61. The zero-order chi connectivity index (χ0) is 17.1. The molecule has 4 heteroatoms. The van der Waals surface area contributed by atoms with E-state index >= 15 is 0 Å². The minimum atomic E-state index is -1.01. The third kappa shape index (κ3) is 3.03. The number of benzene rings is 2. The highest BCUT2D eigenvalue weighted by atomic mass is 19.1. The van der Waals surface area contributed by atoms with Crippen molar-refractivity contribution in [3.05, 3.63) is 89.0 Å². The molecule has 1 unspecified atom stereocenters. The van der Waals surface area contributed by atoms with E-state index in [4.69, 9.17) is 5.26 Å². The summed E-state index contributed by atoms with van der Waals surface area (Å²) in [5, 5.41) is 19.8. The van der Waals surface area contributed by atoms with Gasteiger partial charge in [0, 0.05) is 18.0 Å². The molecule has 0 amide bonds. The monoisotopic (exact) mass is 318 g/mol. The van der Waals surface area contributed by atoms with Gasteiger partial charge in [0.2, 0.25) is 0 Å². The number of aromatic nitrogens is 1. The Morgan fingerprint density at radius 3 is 2.75 bits per heavy atom. The van der Waals surface area contributed by atoms with Crippen molar-refractivity contribution in [3.8, 4) is 17.2 Å². The quantitative estimate of drug-likeness (QED) is 0.789. The molecule has 1 N–H and O–H groups in total. The highest BCUT2D eigenvalue weighted by Crippen LogP contribution is 2.32. The number of nitriles is 1. The summed E-state index contributed by atoms with van der Waals surface area (Å²) in [6, 6.07) is 15.7. The summed E-state index contributed by atoms with van der Waals surface area (Å²) in [4.78, 5) is 4.08. The molecule has 118 valence electrons. The van der Waals surface area contributed by atoms with E-state index < -0.39 is 6.10 Å². The number of aliphatic hydroxyl groups excluding tert-OH is 1. The lowest BCUT2D eigenvalue weighted by atomic mass is 9.93. The van der Waals surface area contributed by atoms with Crippen molar-refractivity contribution in [1.82, 2.24) is 4.98 Å². The predicted molar refractivity (Wildman–Crippen MR) is 89.6 cm³/mol. The summed E-state index contributed by atoms with van der Waals surface area (Å²) < 4.78 is 13.8. The van der Waals surface area contributed by atoms with Gasteiger partial charge in [0.05, 0.1) is 11.6 Å². The summed E-state index contributed by atoms with van der Waals surface area (Å²) in [6.07, 6.45) is 2.19. The van der Waals surface area contributed by atoms with Crippen LogP contribution in [0.2, 0.25) is 0 Å². The zero-order valence-electron chi connectivity index (χ0n) is 13.1. The van der Waals surface area contributed by atoms with Gasteiger partial charge in [-0.15, -0.1) is 0 Å². The molecule has 0 bridgehead atoms. The highest BCUT2D eigenvalue weighted by Gasteiger charge is 2.17. The normalized spacial score (nSPS) is 11.8. The Morgan fingerprint density at radius 2 is 2.00 bits per heavy atom. The van der Waals surface area contributed by atoms with Crippen LogP contribution in [-0.2, 0) is 0 Å². The van der Waals surface area contributed by atoms with Crippen molar-refractivity contribution in [2.45, 2.75) is 13.0 Å². The number of pyridine rings is 1. The lowest BCUT2D eigenvalue weighted by Crippen LogP contribution is -2.03.